The molecule has 0 unspecified atom stereocenters. The molecule has 0 saturated carbocycles. The lowest BCUT2D eigenvalue weighted by Crippen LogP contribution is -2.38. The van der Waals surface area contributed by atoms with E-state index < -0.39 is 12.0 Å². The third kappa shape index (κ3) is 2.53. The van der Waals surface area contributed by atoms with Crippen molar-refractivity contribution in [1.82, 2.24) is 10.2 Å². The number of imide groups is 1. The Labute approximate surface area is 114 Å². The topological polar surface area (TPSA) is 75.7 Å². The summed E-state index contributed by atoms with van der Waals surface area (Å²) in [5.41, 5.74) is 0.614. The first-order valence-corrected chi connectivity index (χ1v) is 5.90. The summed E-state index contributed by atoms with van der Waals surface area (Å²) >= 11 is 5.79. The number of nitrogens with one attached hydrogen (secondary N) is 1. The van der Waals surface area contributed by atoms with Gasteiger partial charge in [-0.3, -0.25) is 14.5 Å². The van der Waals surface area contributed by atoms with Gasteiger partial charge in [-0.2, -0.15) is 0 Å². The van der Waals surface area contributed by atoms with Crippen LogP contribution in [0.1, 0.15) is 20.7 Å². The lowest BCUT2D eigenvalue weighted by molar-refractivity contribution is 0.0653. The van der Waals surface area contributed by atoms with Crippen LogP contribution in [0.25, 0.3) is 0 Å². The van der Waals surface area contributed by atoms with E-state index in [9.17, 15) is 14.4 Å². The molecule has 0 aromatic heterocycles. The average Bonchev–Trinajstić information content (AvgIpc) is 2.63. The summed E-state index contributed by atoms with van der Waals surface area (Å²) in [6.45, 7) is 0.213. The molecule has 1 aliphatic heterocycles. The molecule has 1 N–H and O–H groups in total. The number of rotatable bonds is 3. The Balaban J connectivity index is 2.08. The fourth-order valence-corrected chi connectivity index (χ4v) is 1.98. The number of carbonyl (C=O) groups excluding carboxylic acids is 3. The number of fused-ring (bicyclic) bond motifs is 1. The van der Waals surface area contributed by atoms with Crippen molar-refractivity contribution < 1.29 is 19.1 Å². The number of carbonyl (C=O) groups is 3. The van der Waals surface area contributed by atoms with Crippen molar-refractivity contribution in [2.24, 2.45) is 0 Å². The summed E-state index contributed by atoms with van der Waals surface area (Å²) in [6, 6.07) is 4.54. The molecule has 1 aromatic carbocycles. The summed E-state index contributed by atoms with van der Waals surface area (Å²) in [5.74, 6) is -0.794. The number of methoxy groups -OCH3 is 1. The van der Waals surface area contributed by atoms with Gasteiger partial charge in [0.2, 0.25) is 0 Å². The molecule has 100 valence electrons. The van der Waals surface area contributed by atoms with Crippen LogP contribution in [0.3, 0.4) is 0 Å². The minimum absolute atomic E-state index is 0.0824. The molecule has 0 bridgehead atoms. The van der Waals surface area contributed by atoms with Gasteiger partial charge in [0.05, 0.1) is 18.2 Å². The van der Waals surface area contributed by atoms with E-state index in [0.717, 1.165) is 4.90 Å². The van der Waals surface area contributed by atoms with E-state index in [-0.39, 0.29) is 24.6 Å². The lowest BCUT2D eigenvalue weighted by atomic mass is 10.1. The predicted octanol–water partition coefficient (Wildman–Crippen LogP) is 1.29. The highest BCUT2D eigenvalue weighted by Crippen LogP contribution is 2.25. The minimum atomic E-state index is -0.611. The van der Waals surface area contributed by atoms with Crippen molar-refractivity contribution in [2.75, 3.05) is 20.2 Å². The van der Waals surface area contributed by atoms with E-state index in [1.165, 1.54) is 19.2 Å². The minimum Gasteiger partial charge on any atom is -0.453 e. The Morgan fingerprint density at radius 2 is 2.00 bits per heavy atom. The number of amides is 3. The molecule has 3 amide bonds. The fraction of sp³-hybridized carbons (Fsp3) is 0.250. The zero-order valence-electron chi connectivity index (χ0n) is 10.1. The van der Waals surface area contributed by atoms with E-state index in [1.54, 1.807) is 6.07 Å². The molecule has 6 nitrogen and oxygen atoms in total. The van der Waals surface area contributed by atoms with Crippen LogP contribution in [0.4, 0.5) is 4.79 Å². The number of alkyl carbamates (subject to hydrolysis) is 1. The molecule has 7 heteroatoms. The molecule has 0 saturated heterocycles. The summed E-state index contributed by atoms with van der Waals surface area (Å²) in [7, 11) is 1.24. The van der Waals surface area contributed by atoms with Crippen molar-refractivity contribution in [3.05, 3.63) is 34.3 Å². The maximum Gasteiger partial charge on any atom is 0.406 e. The largest absolute Gasteiger partial charge is 0.453 e. The van der Waals surface area contributed by atoms with Crippen LogP contribution in [-0.2, 0) is 4.74 Å². The molecule has 19 heavy (non-hydrogen) atoms. The highest BCUT2D eigenvalue weighted by Gasteiger charge is 2.35. The number of halogens is 1. The van der Waals surface area contributed by atoms with Gasteiger partial charge >= 0.3 is 6.09 Å². The van der Waals surface area contributed by atoms with Crippen LogP contribution in [0.15, 0.2) is 18.2 Å². The molecule has 2 rings (SSSR count). The van der Waals surface area contributed by atoms with Gasteiger partial charge in [-0.1, -0.05) is 11.6 Å². The standard InChI is InChI=1S/C12H11ClN2O4/c1-19-12(18)14-4-5-15-10(16)8-3-2-7(13)6-9(8)11(15)17/h2-3,6H,4-5H2,1H3,(H,14,18). The summed E-state index contributed by atoms with van der Waals surface area (Å²) in [4.78, 5) is 35.9. The van der Waals surface area contributed by atoms with Crippen LogP contribution >= 0.6 is 11.6 Å². The van der Waals surface area contributed by atoms with Crippen molar-refractivity contribution in [2.45, 2.75) is 0 Å². The second-order valence-electron chi connectivity index (χ2n) is 3.87. The number of benzene rings is 1. The monoisotopic (exact) mass is 282 g/mol. The van der Waals surface area contributed by atoms with Crippen molar-refractivity contribution in [1.29, 1.82) is 0 Å². The van der Waals surface area contributed by atoms with Crippen LogP contribution in [0.2, 0.25) is 5.02 Å². The van der Waals surface area contributed by atoms with Gasteiger partial charge in [0.25, 0.3) is 11.8 Å². The molecule has 1 aromatic rings. The SMILES string of the molecule is COC(=O)NCCN1C(=O)c2ccc(Cl)cc2C1=O. The Morgan fingerprint density at radius 1 is 1.32 bits per heavy atom. The average molecular weight is 283 g/mol. The quantitative estimate of drug-likeness (QED) is 0.848. The van der Waals surface area contributed by atoms with E-state index in [0.29, 0.717) is 10.6 Å². The molecule has 0 aliphatic carbocycles. The summed E-state index contributed by atoms with van der Waals surface area (Å²) < 4.78 is 4.39. The van der Waals surface area contributed by atoms with Gasteiger partial charge in [0.15, 0.2) is 0 Å². The summed E-state index contributed by atoms with van der Waals surface area (Å²) in [5, 5.41) is 2.80. The van der Waals surface area contributed by atoms with Crippen LogP contribution in [0, 0.1) is 0 Å². The predicted molar refractivity (Wildman–Crippen MR) is 67.2 cm³/mol. The third-order valence-electron chi connectivity index (χ3n) is 2.72. The number of hydrogen-bond acceptors (Lipinski definition) is 4. The van der Waals surface area contributed by atoms with Crippen LogP contribution in [-0.4, -0.2) is 43.0 Å². The molecule has 0 spiro atoms. The normalized spacial score (nSPS) is 13.5. The van der Waals surface area contributed by atoms with Crippen molar-refractivity contribution >= 4 is 29.5 Å². The number of hydrogen-bond donors (Lipinski definition) is 1. The molecular weight excluding hydrogens is 272 g/mol. The molecule has 0 radical (unpaired) electrons. The lowest BCUT2D eigenvalue weighted by Gasteiger charge is -2.13. The highest BCUT2D eigenvalue weighted by molar-refractivity contribution is 6.32. The Morgan fingerprint density at radius 3 is 2.68 bits per heavy atom. The third-order valence-corrected chi connectivity index (χ3v) is 2.96. The van der Waals surface area contributed by atoms with Gasteiger partial charge in [0.1, 0.15) is 0 Å². The molecular formula is C12H11ClN2O4. The smallest absolute Gasteiger partial charge is 0.406 e. The second kappa shape index (κ2) is 5.27. The van der Waals surface area contributed by atoms with Gasteiger partial charge in [-0.25, -0.2) is 4.79 Å². The molecule has 0 fully saturated rings. The molecule has 1 heterocycles. The second-order valence-corrected chi connectivity index (χ2v) is 4.31. The van der Waals surface area contributed by atoms with E-state index in [2.05, 4.69) is 10.1 Å². The zero-order chi connectivity index (χ0) is 14.0. The first-order chi connectivity index (χ1) is 9.04. The first kappa shape index (κ1) is 13.4. The maximum absolute atomic E-state index is 12.0. The molecule has 1 aliphatic rings. The zero-order valence-corrected chi connectivity index (χ0v) is 10.9. The number of ether oxygens (including phenoxy) is 1. The Kier molecular flexibility index (Phi) is 3.71. The van der Waals surface area contributed by atoms with E-state index in [1.807, 2.05) is 0 Å². The maximum atomic E-state index is 12.0. The van der Waals surface area contributed by atoms with E-state index in [4.69, 9.17) is 11.6 Å². The number of nitrogens with zero attached hydrogens (tertiary/aromatic N) is 1. The Bertz CT molecular complexity index is 559. The van der Waals surface area contributed by atoms with Gasteiger partial charge in [-0.05, 0) is 18.2 Å². The van der Waals surface area contributed by atoms with E-state index >= 15 is 0 Å². The van der Waals surface area contributed by atoms with Gasteiger partial charge in [0, 0.05) is 18.1 Å². The Hall–Kier alpha value is -2.08. The van der Waals surface area contributed by atoms with Crippen LogP contribution < -0.4 is 5.32 Å². The van der Waals surface area contributed by atoms with Crippen LogP contribution in [0.5, 0.6) is 0 Å². The van der Waals surface area contributed by atoms with Gasteiger partial charge in [-0.15, -0.1) is 0 Å². The summed E-state index contributed by atoms with van der Waals surface area (Å²) in [6.07, 6.45) is -0.611. The molecule has 0 atom stereocenters. The highest BCUT2D eigenvalue weighted by atomic mass is 35.5. The van der Waals surface area contributed by atoms with Crippen molar-refractivity contribution in [3.63, 3.8) is 0 Å². The fourth-order valence-electron chi connectivity index (χ4n) is 1.81. The first-order valence-electron chi connectivity index (χ1n) is 5.52. The van der Waals surface area contributed by atoms with Crippen molar-refractivity contribution in [3.8, 4) is 0 Å². The van der Waals surface area contributed by atoms with Gasteiger partial charge < -0.3 is 10.1 Å².